The van der Waals surface area contributed by atoms with Crippen LogP contribution in [0.2, 0.25) is 5.28 Å². The minimum atomic E-state index is -0.363. The van der Waals surface area contributed by atoms with Gasteiger partial charge in [0.1, 0.15) is 5.54 Å². The Bertz CT molecular complexity index is 892. The van der Waals surface area contributed by atoms with Crippen LogP contribution in [0, 0.1) is 11.3 Å². The highest BCUT2D eigenvalue weighted by Gasteiger charge is 2.41. The fraction of sp³-hybridized carbons (Fsp3) is 0.286. The van der Waals surface area contributed by atoms with Crippen molar-refractivity contribution in [2.24, 2.45) is 0 Å². The summed E-state index contributed by atoms with van der Waals surface area (Å²) in [5, 5.41) is 15.6. The zero-order valence-electron chi connectivity index (χ0n) is 11.4. The molecule has 0 saturated carbocycles. The van der Waals surface area contributed by atoms with Gasteiger partial charge in [0, 0.05) is 11.8 Å². The number of nitrogens with zero attached hydrogens (tertiary/aromatic N) is 5. The van der Waals surface area contributed by atoms with Crippen molar-refractivity contribution >= 4 is 33.2 Å². The van der Waals surface area contributed by atoms with Gasteiger partial charge in [-0.15, -0.1) is 11.3 Å². The Morgan fingerprint density at radius 2 is 2.32 bits per heavy atom. The number of thiophene rings is 1. The normalized spacial score (nSPS) is 16.4. The van der Waals surface area contributed by atoms with Crippen LogP contribution in [0.3, 0.4) is 0 Å². The summed E-state index contributed by atoms with van der Waals surface area (Å²) < 4.78 is 8.07. The number of aromatic nitrogens is 4. The van der Waals surface area contributed by atoms with Crippen molar-refractivity contribution in [3.05, 3.63) is 29.1 Å². The van der Waals surface area contributed by atoms with Crippen LogP contribution in [0.4, 0.5) is 0 Å². The highest BCUT2D eigenvalue weighted by molar-refractivity contribution is 7.17. The van der Waals surface area contributed by atoms with Crippen LogP contribution in [0.15, 0.2) is 23.8 Å². The van der Waals surface area contributed by atoms with Crippen LogP contribution in [-0.4, -0.2) is 33.0 Å². The average Bonchev–Trinajstić information content (AvgIpc) is 3.10. The molecule has 4 heterocycles. The van der Waals surface area contributed by atoms with E-state index < -0.39 is 0 Å². The Kier molecular flexibility index (Phi) is 3.11. The molecule has 22 heavy (non-hydrogen) atoms. The fourth-order valence-electron chi connectivity index (χ4n) is 2.54. The number of fused-ring (bicyclic) bond motifs is 1. The van der Waals surface area contributed by atoms with Crippen molar-refractivity contribution in [2.75, 3.05) is 13.2 Å². The van der Waals surface area contributed by atoms with Crippen LogP contribution in [0.1, 0.15) is 6.42 Å². The second kappa shape index (κ2) is 5.02. The number of hydrogen-bond donors (Lipinski definition) is 0. The summed E-state index contributed by atoms with van der Waals surface area (Å²) in [4.78, 5) is 8.55. The van der Waals surface area contributed by atoms with Crippen molar-refractivity contribution in [1.29, 1.82) is 5.26 Å². The summed E-state index contributed by atoms with van der Waals surface area (Å²) in [6.07, 6.45) is 4.01. The molecule has 0 aromatic carbocycles. The molecule has 110 valence electrons. The maximum Gasteiger partial charge on any atom is 0.223 e. The van der Waals surface area contributed by atoms with Crippen molar-refractivity contribution in [3.63, 3.8) is 0 Å². The first-order valence-corrected chi connectivity index (χ1v) is 7.89. The average molecular weight is 332 g/mol. The van der Waals surface area contributed by atoms with E-state index in [4.69, 9.17) is 21.6 Å². The predicted octanol–water partition coefficient (Wildman–Crippen LogP) is 2.85. The summed E-state index contributed by atoms with van der Waals surface area (Å²) in [6, 6.07) is 4.12. The zero-order chi connectivity index (χ0) is 15.2. The van der Waals surface area contributed by atoms with E-state index in [1.807, 2.05) is 22.3 Å². The molecular formula is C14H10ClN5OS. The molecule has 0 radical (unpaired) electrons. The maximum absolute atomic E-state index is 9.02. The lowest BCUT2D eigenvalue weighted by molar-refractivity contribution is -0.104. The molecular weight excluding hydrogens is 322 g/mol. The van der Waals surface area contributed by atoms with Gasteiger partial charge in [-0.3, -0.25) is 4.68 Å². The molecule has 0 N–H and O–H groups in total. The number of nitriles is 1. The van der Waals surface area contributed by atoms with Crippen molar-refractivity contribution in [2.45, 2.75) is 12.0 Å². The Balaban J connectivity index is 1.81. The summed E-state index contributed by atoms with van der Waals surface area (Å²) in [5.74, 6) is 0. The smallest absolute Gasteiger partial charge is 0.223 e. The second-order valence-corrected chi connectivity index (χ2v) is 6.46. The van der Waals surface area contributed by atoms with Gasteiger partial charge in [-0.2, -0.15) is 10.4 Å². The molecule has 1 aliphatic rings. The SMILES string of the molecule is N#CCC1(n2cc(-c3nc(Cl)nc4ccsc34)cn2)COC1. The van der Waals surface area contributed by atoms with E-state index in [9.17, 15) is 0 Å². The Labute approximate surface area is 134 Å². The van der Waals surface area contributed by atoms with Gasteiger partial charge >= 0.3 is 0 Å². The largest absolute Gasteiger partial charge is 0.376 e. The molecule has 0 atom stereocenters. The molecule has 3 aromatic rings. The number of hydrogen-bond acceptors (Lipinski definition) is 6. The molecule has 0 bridgehead atoms. The van der Waals surface area contributed by atoms with Crippen molar-refractivity contribution < 1.29 is 4.74 Å². The molecule has 0 unspecified atom stereocenters. The molecule has 1 fully saturated rings. The van der Waals surface area contributed by atoms with Crippen LogP contribution in [0.5, 0.6) is 0 Å². The van der Waals surface area contributed by atoms with E-state index in [0.717, 1.165) is 21.5 Å². The van der Waals surface area contributed by atoms with Crippen molar-refractivity contribution in [3.8, 4) is 17.3 Å². The number of halogens is 1. The van der Waals surface area contributed by atoms with E-state index in [-0.39, 0.29) is 10.8 Å². The van der Waals surface area contributed by atoms with Crippen molar-refractivity contribution in [1.82, 2.24) is 19.7 Å². The first-order valence-electron chi connectivity index (χ1n) is 6.63. The molecule has 3 aromatic heterocycles. The van der Waals surface area contributed by atoms with Gasteiger partial charge < -0.3 is 4.74 Å². The topological polar surface area (TPSA) is 76.6 Å². The summed E-state index contributed by atoms with van der Waals surface area (Å²) in [5.41, 5.74) is 2.09. The standard InChI is InChI=1S/C14H10ClN5OS/c15-13-18-10-1-4-22-12(10)11(19-13)9-5-17-20(6-9)14(2-3-16)7-21-8-14/h1,4-6H,2,7-8H2. The third kappa shape index (κ3) is 2.00. The van der Waals surface area contributed by atoms with Crippen LogP contribution in [0.25, 0.3) is 21.5 Å². The molecule has 0 spiro atoms. The monoisotopic (exact) mass is 331 g/mol. The Hall–Kier alpha value is -2.01. The van der Waals surface area contributed by atoms with Gasteiger partial charge in [0.05, 0.1) is 47.8 Å². The van der Waals surface area contributed by atoms with E-state index in [1.54, 1.807) is 17.5 Å². The van der Waals surface area contributed by atoms with Crippen LogP contribution in [-0.2, 0) is 10.3 Å². The molecule has 6 nitrogen and oxygen atoms in total. The van der Waals surface area contributed by atoms with Gasteiger partial charge in [0.15, 0.2) is 0 Å². The van der Waals surface area contributed by atoms with Gasteiger partial charge in [-0.1, -0.05) is 0 Å². The molecule has 4 rings (SSSR count). The third-order valence-electron chi connectivity index (χ3n) is 3.77. The molecule has 1 saturated heterocycles. The van der Waals surface area contributed by atoms with Gasteiger partial charge in [-0.25, -0.2) is 9.97 Å². The highest BCUT2D eigenvalue weighted by Crippen LogP contribution is 2.34. The minimum absolute atomic E-state index is 0.215. The molecule has 0 aliphatic carbocycles. The lowest BCUT2D eigenvalue weighted by Crippen LogP contribution is -2.51. The van der Waals surface area contributed by atoms with E-state index in [2.05, 4.69) is 21.1 Å². The molecule has 8 heteroatoms. The predicted molar refractivity (Wildman–Crippen MR) is 82.7 cm³/mol. The van der Waals surface area contributed by atoms with Gasteiger partial charge in [0.25, 0.3) is 0 Å². The van der Waals surface area contributed by atoms with Gasteiger partial charge in [-0.05, 0) is 23.0 Å². The number of rotatable bonds is 3. The molecule has 1 aliphatic heterocycles. The van der Waals surface area contributed by atoms with E-state index in [0.29, 0.717) is 19.6 Å². The lowest BCUT2D eigenvalue weighted by Gasteiger charge is -2.39. The summed E-state index contributed by atoms with van der Waals surface area (Å²) >= 11 is 7.57. The summed E-state index contributed by atoms with van der Waals surface area (Å²) in [6.45, 7) is 1.00. The third-order valence-corrected chi connectivity index (χ3v) is 4.85. The highest BCUT2D eigenvalue weighted by atomic mass is 35.5. The Morgan fingerprint density at radius 1 is 1.45 bits per heavy atom. The maximum atomic E-state index is 9.02. The van der Waals surface area contributed by atoms with Crippen LogP contribution < -0.4 is 0 Å². The van der Waals surface area contributed by atoms with Crippen LogP contribution >= 0.6 is 22.9 Å². The number of ether oxygens (including phenoxy) is 1. The lowest BCUT2D eigenvalue weighted by atomic mass is 9.94. The quantitative estimate of drug-likeness (QED) is 0.690. The van der Waals surface area contributed by atoms with E-state index >= 15 is 0 Å². The first kappa shape index (κ1) is 13.6. The fourth-order valence-corrected chi connectivity index (χ4v) is 3.55. The first-order chi connectivity index (χ1) is 10.7. The Morgan fingerprint density at radius 3 is 3.05 bits per heavy atom. The van der Waals surface area contributed by atoms with E-state index in [1.165, 1.54) is 0 Å². The summed E-state index contributed by atoms with van der Waals surface area (Å²) in [7, 11) is 0. The second-order valence-electron chi connectivity index (χ2n) is 5.20. The zero-order valence-corrected chi connectivity index (χ0v) is 12.9. The van der Waals surface area contributed by atoms with Gasteiger partial charge in [0.2, 0.25) is 5.28 Å². The molecule has 0 amide bonds. The minimum Gasteiger partial charge on any atom is -0.376 e.